The van der Waals surface area contributed by atoms with Gasteiger partial charge in [0.2, 0.25) is 0 Å². The van der Waals surface area contributed by atoms with E-state index in [0.29, 0.717) is 26.4 Å². The molecule has 0 aromatic heterocycles. The highest BCUT2D eigenvalue weighted by atomic mass is 16.6. The van der Waals surface area contributed by atoms with E-state index in [1.807, 2.05) is 6.92 Å². The Balaban J connectivity index is 2.30. The van der Waals surface area contributed by atoms with Gasteiger partial charge in [0, 0.05) is 0 Å². The smallest absolute Gasteiger partial charge is 0.124 e. The van der Waals surface area contributed by atoms with Crippen LogP contribution in [0.5, 0.6) is 0 Å². The van der Waals surface area contributed by atoms with E-state index in [4.69, 9.17) is 14.3 Å². The van der Waals surface area contributed by atoms with Crippen LogP contribution in [0.2, 0.25) is 0 Å². The molecule has 0 bridgehead atoms. The van der Waals surface area contributed by atoms with Crippen molar-refractivity contribution in [2.75, 3.05) is 26.4 Å². The van der Waals surface area contributed by atoms with Crippen molar-refractivity contribution in [2.24, 2.45) is 5.16 Å². The van der Waals surface area contributed by atoms with Gasteiger partial charge in [-0.25, -0.2) is 0 Å². The molecule has 1 rings (SSSR count). The number of ether oxygens (including phenoxy) is 2. The molecular weight excluding hydrogens is 170 g/mol. The van der Waals surface area contributed by atoms with Crippen molar-refractivity contribution in [3.8, 4) is 0 Å². The summed E-state index contributed by atoms with van der Waals surface area (Å²) in [6, 6.07) is 0. The van der Waals surface area contributed by atoms with Gasteiger partial charge in [0.15, 0.2) is 0 Å². The van der Waals surface area contributed by atoms with Crippen molar-refractivity contribution >= 4 is 5.71 Å². The third-order valence-electron chi connectivity index (χ3n) is 1.85. The second-order valence-electron chi connectivity index (χ2n) is 3.09. The molecule has 4 heteroatoms. The van der Waals surface area contributed by atoms with E-state index in [1.54, 1.807) is 0 Å². The highest BCUT2D eigenvalue weighted by Crippen LogP contribution is 1.98. The Morgan fingerprint density at radius 2 is 2.00 bits per heavy atom. The molecule has 13 heavy (non-hydrogen) atoms. The van der Waals surface area contributed by atoms with Crippen molar-refractivity contribution in [1.29, 1.82) is 0 Å². The van der Waals surface area contributed by atoms with E-state index in [2.05, 4.69) is 12.1 Å². The van der Waals surface area contributed by atoms with Gasteiger partial charge in [0.25, 0.3) is 0 Å². The molecule has 1 atom stereocenters. The van der Waals surface area contributed by atoms with Gasteiger partial charge in [-0.05, 0) is 13.3 Å². The molecule has 0 radical (unpaired) electrons. The average Bonchev–Trinajstić information content (AvgIpc) is 2.42. The Morgan fingerprint density at radius 3 is 2.54 bits per heavy atom. The predicted octanol–water partition coefficient (Wildman–Crippen LogP) is 1.20. The van der Waals surface area contributed by atoms with Crippen LogP contribution in [0.15, 0.2) is 5.16 Å². The first-order valence-electron chi connectivity index (χ1n) is 4.70. The van der Waals surface area contributed by atoms with E-state index in [0.717, 1.165) is 12.1 Å². The van der Waals surface area contributed by atoms with E-state index in [-0.39, 0.29) is 6.10 Å². The summed E-state index contributed by atoms with van der Waals surface area (Å²) in [7, 11) is 0. The fraction of sp³-hybridized carbons (Fsp3) is 0.889. The van der Waals surface area contributed by atoms with E-state index < -0.39 is 0 Å². The first kappa shape index (κ1) is 10.5. The Morgan fingerprint density at radius 1 is 1.38 bits per heavy atom. The van der Waals surface area contributed by atoms with Crippen molar-refractivity contribution < 1.29 is 14.3 Å². The Labute approximate surface area is 78.8 Å². The first-order valence-corrected chi connectivity index (χ1v) is 4.70. The second-order valence-corrected chi connectivity index (χ2v) is 3.09. The van der Waals surface area contributed by atoms with E-state index >= 15 is 0 Å². The van der Waals surface area contributed by atoms with Gasteiger partial charge >= 0.3 is 0 Å². The molecule has 0 aliphatic carbocycles. The average molecular weight is 187 g/mol. The minimum Gasteiger partial charge on any atom is -0.393 e. The molecule has 1 unspecified atom stereocenters. The molecule has 1 saturated heterocycles. The van der Waals surface area contributed by atoms with Crippen LogP contribution in [0, 0.1) is 0 Å². The SMILES string of the molecule is CCC(C)ON=C1COCCOC1. The summed E-state index contributed by atoms with van der Waals surface area (Å²) in [5.74, 6) is 0. The van der Waals surface area contributed by atoms with Crippen LogP contribution in [0.3, 0.4) is 0 Å². The molecular formula is C9H17NO3. The maximum Gasteiger partial charge on any atom is 0.124 e. The Hall–Kier alpha value is -0.610. The number of hydrogen-bond donors (Lipinski definition) is 0. The summed E-state index contributed by atoms with van der Waals surface area (Å²) in [6.07, 6.45) is 1.12. The van der Waals surface area contributed by atoms with E-state index in [9.17, 15) is 0 Å². The van der Waals surface area contributed by atoms with Gasteiger partial charge in [-0.1, -0.05) is 12.1 Å². The minimum absolute atomic E-state index is 0.163. The summed E-state index contributed by atoms with van der Waals surface area (Å²) in [4.78, 5) is 5.21. The highest BCUT2D eigenvalue weighted by molar-refractivity contribution is 5.86. The van der Waals surface area contributed by atoms with Crippen molar-refractivity contribution in [1.82, 2.24) is 0 Å². The summed E-state index contributed by atoms with van der Waals surface area (Å²) in [6.45, 7) is 6.38. The molecule has 1 heterocycles. The summed E-state index contributed by atoms with van der Waals surface area (Å²) < 4.78 is 10.5. The molecule has 1 aliphatic rings. The van der Waals surface area contributed by atoms with Crippen LogP contribution >= 0.6 is 0 Å². The maximum atomic E-state index is 5.24. The Bertz CT molecular complexity index is 160. The molecule has 0 N–H and O–H groups in total. The predicted molar refractivity (Wildman–Crippen MR) is 49.9 cm³/mol. The second kappa shape index (κ2) is 5.94. The third kappa shape index (κ3) is 4.24. The molecule has 4 nitrogen and oxygen atoms in total. The summed E-state index contributed by atoms with van der Waals surface area (Å²) in [5, 5.41) is 3.98. The zero-order chi connectivity index (χ0) is 9.52. The van der Waals surface area contributed by atoms with Gasteiger partial charge in [-0.15, -0.1) is 0 Å². The zero-order valence-corrected chi connectivity index (χ0v) is 8.28. The Kier molecular flexibility index (Phi) is 4.78. The number of nitrogens with zero attached hydrogens (tertiary/aromatic N) is 1. The first-order chi connectivity index (χ1) is 6.33. The molecule has 0 aromatic rings. The lowest BCUT2D eigenvalue weighted by Crippen LogP contribution is -2.13. The number of hydrogen-bond acceptors (Lipinski definition) is 4. The summed E-state index contributed by atoms with van der Waals surface area (Å²) in [5.41, 5.74) is 0.831. The molecule has 1 aliphatic heterocycles. The van der Waals surface area contributed by atoms with Crippen LogP contribution in [-0.4, -0.2) is 38.2 Å². The fourth-order valence-electron chi connectivity index (χ4n) is 0.831. The lowest BCUT2D eigenvalue weighted by Gasteiger charge is -2.07. The quantitative estimate of drug-likeness (QED) is 0.623. The standard InChI is InChI=1S/C9H17NO3/c1-3-8(2)13-10-9-6-11-4-5-12-7-9/h8H,3-7H2,1-2H3. The van der Waals surface area contributed by atoms with Crippen LogP contribution in [0.4, 0.5) is 0 Å². The number of oxime groups is 1. The van der Waals surface area contributed by atoms with Gasteiger partial charge in [-0.3, -0.25) is 0 Å². The fourth-order valence-corrected chi connectivity index (χ4v) is 0.831. The topological polar surface area (TPSA) is 40.0 Å². The molecule has 0 saturated carbocycles. The summed E-state index contributed by atoms with van der Waals surface area (Å²) >= 11 is 0. The van der Waals surface area contributed by atoms with Crippen LogP contribution in [0.1, 0.15) is 20.3 Å². The zero-order valence-electron chi connectivity index (χ0n) is 8.28. The lowest BCUT2D eigenvalue weighted by molar-refractivity contribution is 0.0669. The molecule has 0 amide bonds. The molecule has 0 aromatic carbocycles. The van der Waals surface area contributed by atoms with Gasteiger partial charge < -0.3 is 14.3 Å². The third-order valence-corrected chi connectivity index (χ3v) is 1.85. The van der Waals surface area contributed by atoms with Crippen LogP contribution in [-0.2, 0) is 14.3 Å². The normalized spacial score (nSPS) is 20.6. The van der Waals surface area contributed by atoms with Crippen molar-refractivity contribution in [3.05, 3.63) is 0 Å². The maximum absolute atomic E-state index is 5.24. The van der Waals surface area contributed by atoms with Crippen molar-refractivity contribution in [3.63, 3.8) is 0 Å². The van der Waals surface area contributed by atoms with Crippen molar-refractivity contribution in [2.45, 2.75) is 26.4 Å². The largest absolute Gasteiger partial charge is 0.393 e. The molecule has 0 spiro atoms. The highest BCUT2D eigenvalue weighted by Gasteiger charge is 2.07. The van der Waals surface area contributed by atoms with Gasteiger partial charge in [0.1, 0.15) is 11.8 Å². The minimum atomic E-state index is 0.163. The van der Waals surface area contributed by atoms with Gasteiger partial charge in [0.05, 0.1) is 26.4 Å². The monoisotopic (exact) mass is 187 g/mol. The number of rotatable bonds is 3. The van der Waals surface area contributed by atoms with E-state index in [1.165, 1.54) is 0 Å². The van der Waals surface area contributed by atoms with Crippen LogP contribution < -0.4 is 0 Å². The molecule has 76 valence electrons. The lowest BCUT2D eigenvalue weighted by atomic mass is 10.3. The van der Waals surface area contributed by atoms with Crippen LogP contribution in [0.25, 0.3) is 0 Å². The molecule has 1 fully saturated rings. The van der Waals surface area contributed by atoms with Gasteiger partial charge in [-0.2, -0.15) is 0 Å².